The summed E-state index contributed by atoms with van der Waals surface area (Å²) >= 11 is 0. The van der Waals surface area contributed by atoms with Crippen molar-refractivity contribution in [2.75, 3.05) is 17.2 Å². The molecule has 0 atom stereocenters. The van der Waals surface area contributed by atoms with E-state index >= 15 is 0 Å². The lowest BCUT2D eigenvalue weighted by molar-refractivity contribution is -0.118. The molecule has 0 unspecified atom stereocenters. The number of nitrogens with zero attached hydrogens (tertiary/aromatic N) is 1. The quantitative estimate of drug-likeness (QED) is 0.882. The Hall–Kier alpha value is -2.29. The number of rotatable bonds is 3. The van der Waals surface area contributed by atoms with Crippen LogP contribution in [0.4, 0.5) is 11.4 Å². The molecular weight excluding hydrogens is 272 g/mol. The molecule has 2 aromatic carbocycles. The van der Waals surface area contributed by atoms with Crippen molar-refractivity contribution in [1.29, 1.82) is 0 Å². The highest BCUT2D eigenvalue weighted by atomic mass is 16.2. The van der Waals surface area contributed by atoms with Crippen molar-refractivity contribution in [2.24, 2.45) is 0 Å². The molecule has 22 heavy (non-hydrogen) atoms. The lowest BCUT2D eigenvalue weighted by Gasteiger charge is -2.30. The SMILES string of the molecule is CCc1ccc(CC(=O)N2CCCc3c(N)cccc32)cc1. The van der Waals surface area contributed by atoms with Crippen molar-refractivity contribution in [3.8, 4) is 0 Å². The van der Waals surface area contributed by atoms with E-state index < -0.39 is 0 Å². The second kappa shape index (κ2) is 6.22. The van der Waals surface area contributed by atoms with Gasteiger partial charge in [0.2, 0.25) is 5.91 Å². The minimum atomic E-state index is 0.149. The van der Waals surface area contributed by atoms with Gasteiger partial charge in [0, 0.05) is 17.9 Å². The van der Waals surface area contributed by atoms with E-state index in [1.54, 1.807) is 0 Å². The molecule has 0 saturated heterocycles. The Morgan fingerprint density at radius 1 is 1.14 bits per heavy atom. The minimum absolute atomic E-state index is 0.149. The fourth-order valence-corrected chi connectivity index (χ4v) is 3.07. The third-order valence-corrected chi connectivity index (χ3v) is 4.37. The van der Waals surface area contributed by atoms with Gasteiger partial charge >= 0.3 is 0 Å². The van der Waals surface area contributed by atoms with Crippen molar-refractivity contribution in [3.05, 3.63) is 59.2 Å². The first-order valence-corrected chi connectivity index (χ1v) is 7.94. The standard InChI is InChI=1S/C19H22N2O/c1-2-14-8-10-15(11-9-14)13-19(22)21-12-4-5-16-17(20)6-3-7-18(16)21/h3,6-11H,2,4-5,12-13,20H2,1H3. The van der Waals surface area contributed by atoms with E-state index in [1.165, 1.54) is 5.56 Å². The Kier molecular flexibility index (Phi) is 4.14. The normalized spacial score (nSPS) is 13.8. The maximum atomic E-state index is 12.7. The van der Waals surface area contributed by atoms with Crippen LogP contribution in [-0.2, 0) is 24.1 Å². The van der Waals surface area contributed by atoms with E-state index in [1.807, 2.05) is 23.1 Å². The van der Waals surface area contributed by atoms with Crippen LogP contribution in [0.5, 0.6) is 0 Å². The fourth-order valence-electron chi connectivity index (χ4n) is 3.07. The second-order valence-corrected chi connectivity index (χ2v) is 5.84. The van der Waals surface area contributed by atoms with E-state index in [2.05, 4.69) is 31.2 Å². The van der Waals surface area contributed by atoms with E-state index in [9.17, 15) is 4.79 Å². The number of anilines is 2. The molecule has 1 aliphatic heterocycles. The molecule has 1 aliphatic rings. The van der Waals surface area contributed by atoms with Crippen molar-refractivity contribution >= 4 is 17.3 Å². The molecule has 2 aromatic rings. The van der Waals surface area contributed by atoms with Gasteiger partial charge in [0.1, 0.15) is 0 Å². The summed E-state index contributed by atoms with van der Waals surface area (Å²) < 4.78 is 0. The molecule has 0 fully saturated rings. The highest BCUT2D eigenvalue weighted by Crippen LogP contribution is 2.31. The first-order valence-electron chi connectivity index (χ1n) is 7.94. The molecule has 0 bridgehead atoms. The predicted octanol–water partition coefficient (Wildman–Crippen LogP) is 3.35. The molecule has 0 aromatic heterocycles. The second-order valence-electron chi connectivity index (χ2n) is 5.84. The van der Waals surface area contributed by atoms with Crippen molar-refractivity contribution in [3.63, 3.8) is 0 Å². The van der Waals surface area contributed by atoms with Crippen LogP contribution in [0.3, 0.4) is 0 Å². The van der Waals surface area contributed by atoms with Gasteiger partial charge in [0.15, 0.2) is 0 Å². The first-order chi connectivity index (χ1) is 10.7. The maximum Gasteiger partial charge on any atom is 0.231 e. The monoisotopic (exact) mass is 294 g/mol. The first kappa shape index (κ1) is 14.6. The highest BCUT2D eigenvalue weighted by Gasteiger charge is 2.23. The summed E-state index contributed by atoms with van der Waals surface area (Å²) in [5.74, 6) is 0.149. The number of carbonyl (C=O) groups is 1. The average Bonchev–Trinajstić information content (AvgIpc) is 2.55. The Labute approximate surface area is 131 Å². The zero-order valence-electron chi connectivity index (χ0n) is 13.0. The Morgan fingerprint density at radius 3 is 2.59 bits per heavy atom. The van der Waals surface area contributed by atoms with Gasteiger partial charge in [-0.1, -0.05) is 37.3 Å². The number of benzene rings is 2. The van der Waals surface area contributed by atoms with Gasteiger partial charge in [0.05, 0.1) is 6.42 Å². The Bertz CT molecular complexity index is 676. The molecule has 0 radical (unpaired) electrons. The van der Waals surface area contributed by atoms with Gasteiger partial charge in [0.25, 0.3) is 0 Å². The molecule has 3 rings (SSSR count). The van der Waals surface area contributed by atoms with Crippen LogP contribution >= 0.6 is 0 Å². The predicted molar refractivity (Wildman–Crippen MR) is 91.1 cm³/mol. The van der Waals surface area contributed by atoms with Crippen LogP contribution in [0.15, 0.2) is 42.5 Å². The number of nitrogens with two attached hydrogens (primary N) is 1. The lowest BCUT2D eigenvalue weighted by atomic mass is 9.99. The fraction of sp³-hybridized carbons (Fsp3) is 0.316. The number of carbonyl (C=O) groups excluding carboxylic acids is 1. The maximum absolute atomic E-state index is 12.7. The minimum Gasteiger partial charge on any atom is -0.398 e. The Balaban J connectivity index is 1.80. The smallest absolute Gasteiger partial charge is 0.231 e. The molecule has 0 spiro atoms. The van der Waals surface area contributed by atoms with Crippen LogP contribution in [-0.4, -0.2) is 12.5 Å². The van der Waals surface area contributed by atoms with Gasteiger partial charge in [-0.05, 0) is 48.1 Å². The van der Waals surface area contributed by atoms with E-state index in [-0.39, 0.29) is 5.91 Å². The number of fused-ring (bicyclic) bond motifs is 1. The van der Waals surface area contributed by atoms with Crippen LogP contribution in [0.25, 0.3) is 0 Å². The zero-order valence-corrected chi connectivity index (χ0v) is 13.0. The largest absolute Gasteiger partial charge is 0.398 e. The van der Waals surface area contributed by atoms with Crippen molar-refractivity contribution < 1.29 is 4.79 Å². The molecule has 3 heteroatoms. The van der Waals surface area contributed by atoms with Crippen molar-refractivity contribution in [2.45, 2.75) is 32.6 Å². The summed E-state index contributed by atoms with van der Waals surface area (Å²) in [6.07, 6.45) is 3.39. The van der Waals surface area contributed by atoms with Crippen LogP contribution in [0.2, 0.25) is 0 Å². The zero-order chi connectivity index (χ0) is 15.5. The lowest BCUT2D eigenvalue weighted by Crippen LogP contribution is -2.36. The number of aryl methyl sites for hydroxylation is 1. The van der Waals surface area contributed by atoms with Gasteiger partial charge < -0.3 is 10.6 Å². The van der Waals surface area contributed by atoms with E-state index in [0.29, 0.717) is 6.42 Å². The molecule has 2 N–H and O–H groups in total. The number of hydrogen-bond donors (Lipinski definition) is 1. The highest BCUT2D eigenvalue weighted by molar-refractivity contribution is 5.96. The topological polar surface area (TPSA) is 46.3 Å². The number of amides is 1. The summed E-state index contributed by atoms with van der Waals surface area (Å²) in [6.45, 7) is 2.91. The molecule has 1 heterocycles. The molecule has 0 aliphatic carbocycles. The van der Waals surface area contributed by atoms with Crippen LogP contribution in [0.1, 0.15) is 30.0 Å². The third-order valence-electron chi connectivity index (χ3n) is 4.37. The summed E-state index contributed by atoms with van der Waals surface area (Å²) in [5, 5.41) is 0. The summed E-state index contributed by atoms with van der Waals surface area (Å²) in [7, 11) is 0. The summed E-state index contributed by atoms with van der Waals surface area (Å²) in [5.41, 5.74) is 11.3. The van der Waals surface area contributed by atoms with E-state index in [4.69, 9.17) is 5.73 Å². The third kappa shape index (κ3) is 2.84. The summed E-state index contributed by atoms with van der Waals surface area (Å²) in [6, 6.07) is 14.2. The Morgan fingerprint density at radius 2 is 1.86 bits per heavy atom. The van der Waals surface area contributed by atoms with Gasteiger partial charge in [-0.15, -0.1) is 0 Å². The van der Waals surface area contributed by atoms with Crippen LogP contribution in [0, 0.1) is 0 Å². The average molecular weight is 294 g/mol. The van der Waals surface area contributed by atoms with Gasteiger partial charge in [-0.3, -0.25) is 4.79 Å². The van der Waals surface area contributed by atoms with Crippen molar-refractivity contribution in [1.82, 2.24) is 0 Å². The molecule has 114 valence electrons. The number of nitrogen functional groups attached to an aromatic ring is 1. The van der Waals surface area contributed by atoms with E-state index in [0.717, 1.165) is 48.3 Å². The van der Waals surface area contributed by atoms with Gasteiger partial charge in [-0.25, -0.2) is 0 Å². The molecule has 3 nitrogen and oxygen atoms in total. The summed E-state index contributed by atoms with van der Waals surface area (Å²) in [4.78, 5) is 14.6. The molecular formula is C19H22N2O. The molecule has 1 amide bonds. The van der Waals surface area contributed by atoms with Gasteiger partial charge in [-0.2, -0.15) is 0 Å². The number of hydrogen-bond acceptors (Lipinski definition) is 2. The molecule has 0 saturated carbocycles. The van der Waals surface area contributed by atoms with Crippen LogP contribution < -0.4 is 10.6 Å².